The lowest BCUT2D eigenvalue weighted by molar-refractivity contribution is 0.0698. The third-order valence-corrected chi connectivity index (χ3v) is 4.33. The topological polar surface area (TPSA) is 49.3 Å². The van der Waals surface area contributed by atoms with Crippen LogP contribution in [-0.2, 0) is 12.8 Å². The number of hydrogen-bond donors (Lipinski definition) is 2. The van der Waals surface area contributed by atoms with E-state index < -0.39 is 5.97 Å². The number of carboxylic acid groups (broad SMARTS) is 1. The standard InChI is InChI=1S/C21H18ClNO2/c22-18-8-4-5-9-19(18)23-20-14-16(12-13-17(20)21(24)25)11-10-15-6-2-1-3-7-15/h1-9,12-14,23H,10-11H2,(H,24,25). The van der Waals surface area contributed by atoms with Gasteiger partial charge in [0.05, 0.1) is 22.0 Å². The fourth-order valence-corrected chi connectivity index (χ4v) is 2.86. The molecule has 3 rings (SSSR count). The van der Waals surface area contributed by atoms with E-state index in [1.54, 1.807) is 12.1 Å². The van der Waals surface area contributed by atoms with E-state index in [2.05, 4.69) is 17.4 Å². The van der Waals surface area contributed by atoms with Gasteiger partial charge >= 0.3 is 5.97 Å². The summed E-state index contributed by atoms with van der Waals surface area (Å²) in [5, 5.41) is 13.1. The van der Waals surface area contributed by atoms with Crippen molar-refractivity contribution in [2.75, 3.05) is 5.32 Å². The molecule has 3 nitrogen and oxygen atoms in total. The second-order valence-corrected chi connectivity index (χ2v) is 6.18. The van der Waals surface area contributed by atoms with E-state index in [4.69, 9.17) is 11.6 Å². The maximum Gasteiger partial charge on any atom is 0.337 e. The van der Waals surface area contributed by atoms with Crippen molar-refractivity contribution in [2.45, 2.75) is 12.8 Å². The van der Waals surface area contributed by atoms with Gasteiger partial charge in [-0.2, -0.15) is 0 Å². The highest BCUT2D eigenvalue weighted by atomic mass is 35.5. The van der Waals surface area contributed by atoms with Crippen molar-refractivity contribution in [1.82, 2.24) is 0 Å². The molecule has 3 aromatic carbocycles. The first-order valence-corrected chi connectivity index (χ1v) is 8.43. The molecule has 0 aliphatic heterocycles. The normalized spacial score (nSPS) is 10.4. The summed E-state index contributed by atoms with van der Waals surface area (Å²) in [7, 11) is 0. The molecule has 4 heteroatoms. The first-order chi connectivity index (χ1) is 12.1. The maximum absolute atomic E-state index is 11.5. The van der Waals surface area contributed by atoms with Gasteiger partial charge in [0.2, 0.25) is 0 Å². The number of aromatic carboxylic acids is 1. The molecule has 0 saturated heterocycles. The van der Waals surface area contributed by atoms with E-state index in [0.717, 1.165) is 18.4 Å². The monoisotopic (exact) mass is 351 g/mol. The zero-order valence-corrected chi connectivity index (χ0v) is 14.3. The molecule has 0 aliphatic rings. The van der Waals surface area contributed by atoms with Gasteiger partial charge in [0.15, 0.2) is 0 Å². The Morgan fingerprint density at radius 3 is 2.24 bits per heavy atom. The van der Waals surface area contributed by atoms with Crippen LogP contribution in [0.4, 0.5) is 11.4 Å². The zero-order valence-electron chi connectivity index (χ0n) is 13.6. The van der Waals surface area contributed by atoms with Gasteiger partial charge in [0, 0.05) is 0 Å². The molecule has 0 heterocycles. The smallest absolute Gasteiger partial charge is 0.337 e. The molecule has 0 fully saturated rings. The van der Waals surface area contributed by atoms with Crippen molar-refractivity contribution in [3.05, 3.63) is 94.5 Å². The number of benzene rings is 3. The minimum absolute atomic E-state index is 0.225. The second-order valence-electron chi connectivity index (χ2n) is 5.78. The van der Waals surface area contributed by atoms with Crippen molar-refractivity contribution < 1.29 is 9.90 Å². The number of halogens is 1. The molecule has 0 aliphatic carbocycles. The minimum atomic E-state index is -0.968. The molecule has 126 valence electrons. The Balaban J connectivity index is 1.84. The molecule has 0 amide bonds. The largest absolute Gasteiger partial charge is 0.478 e. The van der Waals surface area contributed by atoms with Gasteiger partial charge in [-0.1, -0.05) is 60.1 Å². The third kappa shape index (κ3) is 4.40. The number of hydrogen-bond acceptors (Lipinski definition) is 2. The van der Waals surface area contributed by atoms with E-state index in [0.29, 0.717) is 16.4 Å². The van der Waals surface area contributed by atoms with Crippen molar-refractivity contribution in [3.63, 3.8) is 0 Å². The third-order valence-electron chi connectivity index (χ3n) is 4.00. The van der Waals surface area contributed by atoms with Gasteiger partial charge in [-0.15, -0.1) is 0 Å². The lowest BCUT2D eigenvalue weighted by atomic mass is 10.0. The summed E-state index contributed by atoms with van der Waals surface area (Å²) in [5.74, 6) is -0.968. The molecular weight excluding hydrogens is 334 g/mol. The predicted octanol–water partition coefficient (Wildman–Crippen LogP) is 5.57. The Bertz CT molecular complexity index is 878. The molecule has 3 aromatic rings. The Labute approximate surface area is 151 Å². The summed E-state index contributed by atoms with van der Waals surface area (Å²) in [6.07, 6.45) is 1.74. The lowest BCUT2D eigenvalue weighted by Gasteiger charge is -2.13. The predicted molar refractivity (Wildman–Crippen MR) is 102 cm³/mol. The highest BCUT2D eigenvalue weighted by Gasteiger charge is 2.12. The van der Waals surface area contributed by atoms with Crippen LogP contribution < -0.4 is 5.32 Å². The molecule has 0 unspecified atom stereocenters. The van der Waals surface area contributed by atoms with Crippen LogP contribution in [0.2, 0.25) is 5.02 Å². The highest BCUT2D eigenvalue weighted by molar-refractivity contribution is 6.33. The van der Waals surface area contributed by atoms with Crippen LogP contribution in [0.3, 0.4) is 0 Å². The van der Waals surface area contributed by atoms with E-state index in [1.165, 1.54) is 5.56 Å². The fourth-order valence-electron chi connectivity index (χ4n) is 2.68. The molecule has 25 heavy (non-hydrogen) atoms. The summed E-state index contributed by atoms with van der Waals surface area (Å²) < 4.78 is 0. The van der Waals surface area contributed by atoms with Crippen molar-refractivity contribution in [1.29, 1.82) is 0 Å². The SMILES string of the molecule is O=C(O)c1ccc(CCc2ccccc2)cc1Nc1ccccc1Cl. The fraction of sp³-hybridized carbons (Fsp3) is 0.0952. The van der Waals surface area contributed by atoms with Crippen LogP contribution in [0.15, 0.2) is 72.8 Å². The lowest BCUT2D eigenvalue weighted by Crippen LogP contribution is -2.04. The minimum Gasteiger partial charge on any atom is -0.478 e. The van der Waals surface area contributed by atoms with Crippen molar-refractivity contribution >= 4 is 28.9 Å². The molecule has 0 radical (unpaired) electrons. The van der Waals surface area contributed by atoms with E-state index in [9.17, 15) is 9.90 Å². The van der Waals surface area contributed by atoms with Crippen LogP contribution in [0.5, 0.6) is 0 Å². The second kappa shape index (κ2) is 7.86. The average Bonchev–Trinajstić information content (AvgIpc) is 2.63. The number of nitrogens with one attached hydrogen (secondary N) is 1. The zero-order chi connectivity index (χ0) is 17.6. The van der Waals surface area contributed by atoms with E-state index in [1.807, 2.05) is 48.5 Å². The van der Waals surface area contributed by atoms with Crippen LogP contribution in [0.25, 0.3) is 0 Å². The van der Waals surface area contributed by atoms with Crippen molar-refractivity contribution in [3.8, 4) is 0 Å². The van der Waals surface area contributed by atoms with Gasteiger partial charge < -0.3 is 10.4 Å². The first-order valence-electron chi connectivity index (χ1n) is 8.05. The van der Waals surface area contributed by atoms with Crippen LogP contribution in [0.1, 0.15) is 21.5 Å². The number of rotatable bonds is 6. The van der Waals surface area contributed by atoms with Crippen molar-refractivity contribution in [2.24, 2.45) is 0 Å². The number of anilines is 2. The Hall–Kier alpha value is -2.78. The van der Waals surface area contributed by atoms with Gasteiger partial charge in [0.25, 0.3) is 0 Å². The van der Waals surface area contributed by atoms with Gasteiger partial charge in [0.1, 0.15) is 0 Å². The number of carboxylic acids is 1. The molecular formula is C21H18ClNO2. The average molecular weight is 352 g/mol. The van der Waals surface area contributed by atoms with Crippen LogP contribution >= 0.6 is 11.6 Å². The summed E-state index contributed by atoms with van der Waals surface area (Å²) in [6.45, 7) is 0. The summed E-state index contributed by atoms with van der Waals surface area (Å²) in [6, 6.07) is 22.9. The Kier molecular flexibility index (Phi) is 5.36. The molecule has 0 spiro atoms. The van der Waals surface area contributed by atoms with Gasteiger partial charge in [-0.3, -0.25) is 0 Å². The molecule has 0 saturated carbocycles. The Morgan fingerprint density at radius 1 is 0.840 bits per heavy atom. The van der Waals surface area contributed by atoms with E-state index in [-0.39, 0.29) is 5.56 Å². The molecule has 2 N–H and O–H groups in total. The Morgan fingerprint density at radius 2 is 1.52 bits per heavy atom. The highest BCUT2D eigenvalue weighted by Crippen LogP contribution is 2.28. The molecule has 0 aromatic heterocycles. The number of para-hydroxylation sites is 1. The first kappa shape index (κ1) is 17.1. The number of carbonyl (C=O) groups is 1. The maximum atomic E-state index is 11.5. The van der Waals surface area contributed by atoms with Crippen LogP contribution in [-0.4, -0.2) is 11.1 Å². The van der Waals surface area contributed by atoms with E-state index >= 15 is 0 Å². The summed E-state index contributed by atoms with van der Waals surface area (Å²) >= 11 is 6.18. The van der Waals surface area contributed by atoms with Gasteiger partial charge in [-0.25, -0.2) is 4.79 Å². The summed E-state index contributed by atoms with van der Waals surface area (Å²) in [4.78, 5) is 11.5. The van der Waals surface area contributed by atoms with Crippen LogP contribution in [0, 0.1) is 0 Å². The summed E-state index contributed by atoms with van der Waals surface area (Å²) in [5.41, 5.74) is 3.79. The quantitative estimate of drug-likeness (QED) is 0.610. The molecule has 0 atom stereocenters. The number of aryl methyl sites for hydroxylation is 2. The van der Waals surface area contributed by atoms with Gasteiger partial charge in [-0.05, 0) is 48.2 Å². The molecule has 0 bridgehead atoms.